The minimum Gasteiger partial charge on any atom is -0.497 e. The molecule has 0 aliphatic rings. The summed E-state index contributed by atoms with van der Waals surface area (Å²) in [6, 6.07) is 8.38. The van der Waals surface area contributed by atoms with E-state index in [0.717, 1.165) is 4.47 Å². The molecule has 6 heteroatoms. The number of rotatable bonds is 3. The molecular weight excluding hydrogens is 332 g/mol. The van der Waals surface area contributed by atoms with E-state index in [0.29, 0.717) is 22.2 Å². The van der Waals surface area contributed by atoms with Crippen molar-refractivity contribution in [3.05, 3.63) is 51.6 Å². The van der Waals surface area contributed by atoms with Crippen LogP contribution in [-0.4, -0.2) is 18.0 Å². The Bertz CT molecular complexity index is 619. The van der Waals surface area contributed by atoms with Crippen molar-refractivity contribution in [2.24, 2.45) is 0 Å². The number of carbonyl (C=O) groups excluding carboxylic acids is 1. The quantitative estimate of drug-likeness (QED) is 0.925. The zero-order valence-electron chi connectivity index (χ0n) is 9.98. The lowest BCUT2D eigenvalue weighted by Crippen LogP contribution is -2.13. The summed E-state index contributed by atoms with van der Waals surface area (Å²) in [5.74, 6) is 0.703. The zero-order chi connectivity index (χ0) is 13.8. The highest BCUT2D eigenvalue weighted by molar-refractivity contribution is 9.10. The fourth-order valence-electron chi connectivity index (χ4n) is 1.46. The van der Waals surface area contributed by atoms with Gasteiger partial charge in [0.1, 0.15) is 11.6 Å². The van der Waals surface area contributed by atoms with Gasteiger partial charge in [-0.2, -0.15) is 0 Å². The van der Waals surface area contributed by atoms with Crippen LogP contribution in [0.15, 0.2) is 41.0 Å². The van der Waals surface area contributed by atoms with Crippen LogP contribution in [0, 0.1) is 0 Å². The smallest absolute Gasteiger partial charge is 0.258 e. The van der Waals surface area contributed by atoms with Crippen LogP contribution in [0.5, 0.6) is 5.75 Å². The molecule has 2 aromatic rings. The SMILES string of the molecule is COc1ccnc(NC(=O)c2ccc(Br)cc2Cl)c1. The van der Waals surface area contributed by atoms with E-state index in [2.05, 4.69) is 26.2 Å². The lowest BCUT2D eigenvalue weighted by Gasteiger charge is -2.07. The molecule has 0 saturated carbocycles. The van der Waals surface area contributed by atoms with Gasteiger partial charge < -0.3 is 10.1 Å². The minimum absolute atomic E-state index is 0.321. The number of ether oxygens (including phenoxy) is 1. The Morgan fingerprint density at radius 3 is 2.84 bits per heavy atom. The predicted molar refractivity (Wildman–Crippen MR) is 77.9 cm³/mol. The fraction of sp³-hybridized carbons (Fsp3) is 0.0769. The maximum absolute atomic E-state index is 12.1. The van der Waals surface area contributed by atoms with Crippen LogP contribution < -0.4 is 10.1 Å². The first-order chi connectivity index (χ1) is 9.10. The Kier molecular flexibility index (Phi) is 4.39. The van der Waals surface area contributed by atoms with Gasteiger partial charge in [-0.15, -0.1) is 0 Å². The first-order valence-corrected chi connectivity index (χ1v) is 6.53. The molecule has 4 nitrogen and oxygen atoms in total. The molecule has 0 radical (unpaired) electrons. The van der Waals surface area contributed by atoms with Crippen LogP contribution in [0.1, 0.15) is 10.4 Å². The molecule has 0 fully saturated rings. The third-order valence-electron chi connectivity index (χ3n) is 2.38. The van der Waals surface area contributed by atoms with E-state index < -0.39 is 0 Å². The second-order valence-corrected chi connectivity index (χ2v) is 4.98. The highest BCUT2D eigenvalue weighted by Gasteiger charge is 2.11. The summed E-state index contributed by atoms with van der Waals surface area (Å²) in [5.41, 5.74) is 0.384. The van der Waals surface area contributed by atoms with Gasteiger partial charge in [0.05, 0.1) is 17.7 Å². The first-order valence-electron chi connectivity index (χ1n) is 5.36. The summed E-state index contributed by atoms with van der Waals surface area (Å²) >= 11 is 9.30. The van der Waals surface area contributed by atoms with E-state index in [1.54, 1.807) is 43.6 Å². The Morgan fingerprint density at radius 2 is 2.16 bits per heavy atom. The van der Waals surface area contributed by atoms with Crippen molar-refractivity contribution in [3.63, 3.8) is 0 Å². The molecule has 0 spiro atoms. The zero-order valence-corrected chi connectivity index (χ0v) is 12.3. The molecule has 0 aliphatic heterocycles. The lowest BCUT2D eigenvalue weighted by molar-refractivity contribution is 0.102. The van der Waals surface area contributed by atoms with Crippen molar-refractivity contribution >= 4 is 39.3 Å². The summed E-state index contributed by atoms with van der Waals surface area (Å²) in [6.45, 7) is 0. The Hall–Kier alpha value is -1.59. The van der Waals surface area contributed by atoms with E-state index >= 15 is 0 Å². The number of benzene rings is 1. The largest absolute Gasteiger partial charge is 0.497 e. The summed E-state index contributed by atoms with van der Waals surface area (Å²) in [4.78, 5) is 16.1. The topological polar surface area (TPSA) is 51.2 Å². The van der Waals surface area contributed by atoms with Gasteiger partial charge in [-0.1, -0.05) is 27.5 Å². The molecule has 1 amide bonds. The molecule has 19 heavy (non-hydrogen) atoms. The van der Waals surface area contributed by atoms with Crippen LogP contribution in [0.4, 0.5) is 5.82 Å². The highest BCUT2D eigenvalue weighted by Crippen LogP contribution is 2.22. The highest BCUT2D eigenvalue weighted by atomic mass is 79.9. The third kappa shape index (κ3) is 3.45. The van der Waals surface area contributed by atoms with E-state index in [9.17, 15) is 4.79 Å². The number of carbonyl (C=O) groups is 1. The molecule has 1 aromatic carbocycles. The number of hydrogen-bond donors (Lipinski definition) is 1. The number of nitrogens with zero attached hydrogens (tertiary/aromatic N) is 1. The molecule has 0 bridgehead atoms. The first kappa shape index (κ1) is 13.8. The lowest BCUT2D eigenvalue weighted by atomic mass is 10.2. The van der Waals surface area contributed by atoms with Gasteiger partial charge in [0, 0.05) is 16.7 Å². The maximum Gasteiger partial charge on any atom is 0.258 e. The molecule has 2 rings (SSSR count). The van der Waals surface area contributed by atoms with E-state index in [4.69, 9.17) is 16.3 Å². The minimum atomic E-state index is -0.321. The van der Waals surface area contributed by atoms with Crippen molar-refractivity contribution in [2.75, 3.05) is 12.4 Å². The van der Waals surface area contributed by atoms with Crippen LogP contribution in [-0.2, 0) is 0 Å². The van der Waals surface area contributed by atoms with Gasteiger partial charge in [0.25, 0.3) is 5.91 Å². The van der Waals surface area contributed by atoms with Crippen molar-refractivity contribution in [1.82, 2.24) is 4.98 Å². The summed E-state index contributed by atoms with van der Waals surface area (Å²) in [5, 5.41) is 3.03. The maximum atomic E-state index is 12.1. The Balaban J connectivity index is 2.20. The molecule has 1 aromatic heterocycles. The monoisotopic (exact) mass is 340 g/mol. The molecule has 0 aliphatic carbocycles. The fourth-order valence-corrected chi connectivity index (χ4v) is 2.22. The van der Waals surface area contributed by atoms with Crippen molar-refractivity contribution in [1.29, 1.82) is 0 Å². The molecule has 1 heterocycles. The van der Waals surface area contributed by atoms with Gasteiger partial charge >= 0.3 is 0 Å². The van der Waals surface area contributed by atoms with Gasteiger partial charge in [-0.25, -0.2) is 4.98 Å². The van der Waals surface area contributed by atoms with E-state index in [-0.39, 0.29) is 5.91 Å². The van der Waals surface area contributed by atoms with Gasteiger partial charge in [-0.3, -0.25) is 4.79 Å². The third-order valence-corrected chi connectivity index (χ3v) is 3.19. The Labute approximate surface area is 123 Å². The van der Waals surface area contributed by atoms with Crippen molar-refractivity contribution in [2.45, 2.75) is 0 Å². The predicted octanol–water partition coefficient (Wildman–Crippen LogP) is 3.76. The second kappa shape index (κ2) is 6.04. The molecule has 0 atom stereocenters. The number of hydrogen-bond acceptors (Lipinski definition) is 3. The standard InChI is InChI=1S/C13H10BrClN2O2/c1-19-9-4-5-16-12(7-9)17-13(18)10-3-2-8(14)6-11(10)15/h2-7H,1H3,(H,16,17,18). The van der Waals surface area contributed by atoms with Crippen LogP contribution in [0.2, 0.25) is 5.02 Å². The molecule has 98 valence electrons. The molecular formula is C13H10BrClN2O2. The van der Waals surface area contributed by atoms with E-state index in [1.165, 1.54) is 0 Å². The Morgan fingerprint density at radius 1 is 1.37 bits per heavy atom. The number of methoxy groups -OCH3 is 1. The number of nitrogens with one attached hydrogen (secondary N) is 1. The van der Waals surface area contributed by atoms with Crippen molar-refractivity contribution in [3.8, 4) is 5.75 Å². The number of anilines is 1. The van der Waals surface area contributed by atoms with Crippen LogP contribution >= 0.6 is 27.5 Å². The second-order valence-electron chi connectivity index (χ2n) is 3.66. The van der Waals surface area contributed by atoms with Crippen molar-refractivity contribution < 1.29 is 9.53 Å². The molecule has 0 saturated heterocycles. The summed E-state index contributed by atoms with van der Waals surface area (Å²) < 4.78 is 5.87. The van der Waals surface area contributed by atoms with Gasteiger partial charge in [0.15, 0.2) is 0 Å². The van der Waals surface area contributed by atoms with Gasteiger partial charge in [-0.05, 0) is 24.3 Å². The normalized spacial score (nSPS) is 10.1. The molecule has 1 N–H and O–H groups in total. The number of aromatic nitrogens is 1. The molecule has 0 unspecified atom stereocenters. The van der Waals surface area contributed by atoms with Crippen LogP contribution in [0.3, 0.4) is 0 Å². The van der Waals surface area contributed by atoms with E-state index in [1.807, 2.05) is 0 Å². The number of pyridine rings is 1. The average Bonchev–Trinajstić information content (AvgIpc) is 2.38. The van der Waals surface area contributed by atoms with Gasteiger partial charge in [0.2, 0.25) is 0 Å². The number of halogens is 2. The van der Waals surface area contributed by atoms with Crippen LogP contribution in [0.25, 0.3) is 0 Å². The number of amides is 1. The summed E-state index contributed by atoms with van der Waals surface area (Å²) in [7, 11) is 1.55. The summed E-state index contributed by atoms with van der Waals surface area (Å²) in [6.07, 6.45) is 1.55. The average molecular weight is 342 g/mol.